The van der Waals surface area contributed by atoms with Crippen molar-refractivity contribution in [2.45, 2.75) is 13.0 Å². The van der Waals surface area contributed by atoms with E-state index in [1.54, 1.807) is 0 Å². The molecule has 3 heteroatoms. The van der Waals surface area contributed by atoms with Gasteiger partial charge in [0.25, 0.3) is 0 Å². The maximum atomic E-state index is 10.8. The van der Waals surface area contributed by atoms with Crippen molar-refractivity contribution in [2.75, 3.05) is 0 Å². The standard InChI is InChI=1S/C17H15NO2/c19-17(20)10-11-18-15-9-5-4-8-14(15)12-16(18)13-6-2-1-3-7-13/h1-9,12H,10-11H2,(H,19,20)/p-1. The molecule has 100 valence electrons. The van der Waals surface area contributed by atoms with E-state index >= 15 is 0 Å². The summed E-state index contributed by atoms with van der Waals surface area (Å²) < 4.78 is 2.04. The second-order valence-electron chi connectivity index (χ2n) is 4.73. The van der Waals surface area contributed by atoms with Crippen LogP contribution in [0, 0.1) is 0 Å². The Hall–Kier alpha value is -2.55. The molecule has 0 aliphatic carbocycles. The van der Waals surface area contributed by atoms with E-state index in [0.29, 0.717) is 6.54 Å². The van der Waals surface area contributed by atoms with Crippen LogP contribution in [0.5, 0.6) is 0 Å². The van der Waals surface area contributed by atoms with Crippen LogP contribution < -0.4 is 5.11 Å². The Morgan fingerprint density at radius 3 is 2.45 bits per heavy atom. The zero-order valence-corrected chi connectivity index (χ0v) is 11.0. The third-order valence-corrected chi connectivity index (χ3v) is 3.42. The number of carboxylic acid groups (broad SMARTS) is 1. The van der Waals surface area contributed by atoms with Crippen LogP contribution in [0.2, 0.25) is 0 Å². The highest BCUT2D eigenvalue weighted by molar-refractivity contribution is 5.87. The highest BCUT2D eigenvalue weighted by Gasteiger charge is 2.09. The van der Waals surface area contributed by atoms with Crippen LogP contribution in [0.25, 0.3) is 22.2 Å². The number of benzene rings is 2. The van der Waals surface area contributed by atoms with Gasteiger partial charge in [0.2, 0.25) is 0 Å². The first-order valence-electron chi connectivity index (χ1n) is 6.59. The highest BCUT2D eigenvalue weighted by atomic mass is 16.4. The lowest BCUT2D eigenvalue weighted by atomic mass is 10.1. The molecule has 0 unspecified atom stereocenters. The normalized spacial score (nSPS) is 10.8. The number of carbonyl (C=O) groups is 1. The Morgan fingerprint density at radius 2 is 1.70 bits per heavy atom. The van der Waals surface area contributed by atoms with E-state index in [2.05, 4.69) is 6.07 Å². The fourth-order valence-corrected chi connectivity index (χ4v) is 2.50. The van der Waals surface area contributed by atoms with E-state index < -0.39 is 5.97 Å². The molecule has 0 atom stereocenters. The first kappa shape index (κ1) is 12.5. The molecule has 0 N–H and O–H groups in total. The van der Waals surface area contributed by atoms with Gasteiger partial charge >= 0.3 is 0 Å². The minimum absolute atomic E-state index is 0.0124. The van der Waals surface area contributed by atoms with Gasteiger partial charge in [-0.05, 0) is 17.7 Å². The van der Waals surface area contributed by atoms with Crippen LogP contribution in [-0.4, -0.2) is 10.5 Å². The Labute approximate surface area is 117 Å². The average Bonchev–Trinajstić information content (AvgIpc) is 2.84. The minimum atomic E-state index is -1.03. The van der Waals surface area contributed by atoms with Gasteiger partial charge in [0, 0.05) is 35.5 Å². The Balaban J connectivity index is 2.15. The van der Waals surface area contributed by atoms with Crippen molar-refractivity contribution in [3.8, 4) is 11.3 Å². The molecule has 1 aromatic heterocycles. The largest absolute Gasteiger partial charge is 0.550 e. The van der Waals surface area contributed by atoms with Gasteiger partial charge in [-0.1, -0.05) is 48.5 Å². The summed E-state index contributed by atoms with van der Waals surface area (Å²) in [4.78, 5) is 10.8. The van der Waals surface area contributed by atoms with Crippen LogP contribution in [-0.2, 0) is 11.3 Å². The molecule has 0 saturated carbocycles. The Kier molecular flexibility index (Phi) is 3.25. The average molecular weight is 264 g/mol. The molecule has 0 fully saturated rings. The van der Waals surface area contributed by atoms with Crippen molar-refractivity contribution >= 4 is 16.9 Å². The van der Waals surface area contributed by atoms with Crippen molar-refractivity contribution in [2.24, 2.45) is 0 Å². The smallest absolute Gasteiger partial charge is 0.0491 e. The van der Waals surface area contributed by atoms with Crippen molar-refractivity contribution < 1.29 is 9.90 Å². The number of nitrogens with zero attached hydrogens (tertiary/aromatic N) is 1. The number of carbonyl (C=O) groups excluding carboxylic acids is 1. The number of hydrogen-bond donors (Lipinski definition) is 0. The lowest BCUT2D eigenvalue weighted by Gasteiger charge is -2.11. The van der Waals surface area contributed by atoms with E-state index in [4.69, 9.17) is 0 Å². The first-order chi connectivity index (χ1) is 9.75. The zero-order valence-electron chi connectivity index (χ0n) is 11.0. The fourth-order valence-electron chi connectivity index (χ4n) is 2.50. The van der Waals surface area contributed by atoms with Crippen molar-refractivity contribution in [3.63, 3.8) is 0 Å². The van der Waals surface area contributed by atoms with Gasteiger partial charge in [0.15, 0.2) is 0 Å². The number of fused-ring (bicyclic) bond motifs is 1. The molecule has 0 radical (unpaired) electrons. The van der Waals surface area contributed by atoms with Gasteiger partial charge in [-0.15, -0.1) is 0 Å². The van der Waals surface area contributed by atoms with Crippen LogP contribution in [0.15, 0.2) is 60.7 Å². The molecule has 0 spiro atoms. The summed E-state index contributed by atoms with van der Waals surface area (Å²) >= 11 is 0. The molecular weight excluding hydrogens is 250 g/mol. The summed E-state index contributed by atoms with van der Waals surface area (Å²) in [7, 11) is 0. The molecule has 0 bridgehead atoms. The van der Waals surface area contributed by atoms with Gasteiger partial charge in [0.05, 0.1) is 0 Å². The molecule has 3 nitrogen and oxygen atoms in total. The van der Waals surface area contributed by atoms with Crippen LogP contribution in [0.4, 0.5) is 0 Å². The van der Waals surface area contributed by atoms with Crippen LogP contribution in [0.1, 0.15) is 6.42 Å². The number of aliphatic carboxylic acids is 1. The molecule has 0 saturated heterocycles. The zero-order chi connectivity index (χ0) is 13.9. The quantitative estimate of drug-likeness (QED) is 0.726. The van der Waals surface area contributed by atoms with Crippen LogP contribution in [0.3, 0.4) is 0 Å². The predicted molar refractivity (Wildman–Crippen MR) is 77.0 cm³/mol. The lowest BCUT2D eigenvalue weighted by Crippen LogP contribution is -2.23. The van der Waals surface area contributed by atoms with E-state index in [1.807, 2.05) is 59.2 Å². The van der Waals surface area contributed by atoms with Crippen molar-refractivity contribution in [1.29, 1.82) is 0 Å². The lowest BCUT2D eigenvalue weighted by molar-refractivity contribution is -0.305. The van der Waals surface area contributed by atoms with Crippen molar-refractivity contribution in [3.05, 3.63) is 60.7 Å². The van der Waals surface area contributed by atoms with Crippen molar-refractivity contribution in [1.82, 2.24) is 4.57 Å². The number of aryl methyl sites for hydroxylation is 1. The van der Waals surface area contributed by atoms with Crippen LogP contribution >= 0.6 is 0 Å². The van der Waals surface area contributed by atoms with E-state index in [1.165, 1.54) is 0 Å². The number of carboxylic acids is 1. The second-order valence-corrected chi connectivity index (χ2v) is 4.73. The summed E-state index contributed by atoms with van der Waals surface area (Å²) in [6.45, 7) is 0.417. The maximum absolute atomic E-state index is 10.8. The Bertz CT molecular complexity index is 744. The summed E-state index contributed by atoms with van der Waals surface area (Å²) in [5.41, 5.74) is 3.17. The monoisotopic (exact) mass is 264 g/mol. The molecule has 3 rings (SSSR count). The number of hydrogen-bond acceptors (Lipinski definition) is 2. The van der Waals surface area contributed by atoms with Gasteiger partial charge in [0.1, 0.15) is 0 Å². The molecule has 0 aliphatic heterocycles. The van der Waals surface area contributed by atoms with Gasteiger partial charge in [-0.2, -0.15) is 0 Å². The number of aromatic nitrogens is 1. The van der Waals surface area contributed by atoms with Gasteiger partial charge < -0.3 is 14.5 Å². The van der Waals surface area contributed by atoms with Gasteiger partial charge in [-0.3, -0.25) is 0 Å². The predicted octanol–water partition coefficient (Wildman–Crippen LogP) is 2.45. The fraction of sp³-hybridized carbons (Fsp3) is 0.118. The first-order valence-corrected chi connectivity index (χ1v) is 6.59. The third kappa shape index (κ3) is 2.30. The molecular formula is C17H14NO2-. The van der Waals surface area contributed by atoms with Gasteiger partial charge in [-0.25, -0.2) is 0 Å². The summed E-state index contributed by atoms with van der Waals surface area (Å²) in [5, 5.41) is 11.9. The summed E-state index contributed by atoms with van der Waals surface area (Å²) in [6, 6.07) is 20.1. The maximum Gasteiger partial charge on any atom is 0.0491 e. The summed E-state index contributed by atoms with van der Waals surface area (Å²) in [6.07, 6.45) is 0.0124. The molecule has 1 heterocycles. The van der Waals surface area contributed by atoms with E-state index in [-0.39, 0.29) is 6.42 Å². The molecule has 0 aliphatic rings. The molecule has 3 aromatic rings. The minimum Gasteiger partial charge on any atom is -0.550 e. The second kappa shape index (κ2) is 5.21. The molecule has 2 aromatic carbocycles. The topological polar surface area (TPSA) is 45.1 Å². The number of rotatable bonds is 4. The molecule has 0 amide bonds. The van der Waals surface area contributed by atoms with E-state index in [0.717, 1.165) is 22.2 Å². The Morgan fingerprint density at radius 1 is 1.00 bits per heavy atom. The third-order valence-electron chi connectivity index (χ3n) is 3.42. The summed E-state index contributed by atoms with van der Waals surface area (Å²) in [5.74, 6) is -1.03. The number of para-hydroxylation sites is 1. The van der Waals surface area contributed by atoms with E-state index in [9.17, 15) is 9.90 Å². The molecule has 20 heavy (non-hydrogen) atoms. The SMILES string of the molecule is O=C([O-])CCn1c(-c2ccccc2)cc2ccccc21. The highest BCUT2D eigenvalue weighted by Crippen LogP contribution is 2.28.